The van der Waals surface area contributed by atoms with Crippen LogP contribution < -0.4 is 14.8 Å². The predicted octanol–water partition coefficient (Wildman–Crippen LogP) is 3.26. The second kappa shape index (κ2) is 7.25. The van der Waals surface area contributed by atoms with Gasteiger partial charge in [0.2, 0.25) is 10.0 Å². The van der Waals surface area contributed by atoms with Crippen molar-refractivity contribution in [1.82, 2.24) is 0 Å². The number of carbonyl (C=O) groups excluding carboxylic acids is 1. The summed E-state index contributed by atoms with van der Waals surface area (Å²) in [5.74, 6) is -0.0485. The second-order valence-corrected chi connectivity index (χ2v) is 8.40. The van der Waals surface area contributed by atoms with E-state index in [-0.39, 0.29) is 38.2 Å². The number of nitrogens with two attached hydrogens (primary N) is 1. The molecule has 2 N–H and O–H groups in total. The van der Waals surface area contributed by atoms with Gasteiger partial charge in [-0.25, -0.2) is 13.6 Å². The highest BCUT2D eigenvalue weighted by atomic mass is 35.5. The van der Waals surface area contributed by atoms with Gasteiger partial charge in [-0.3, -0.25) is 4.79 Å². The molecular weight excluding hydrogens is 423 g/mol. The number of benzene rings is 2. The van der Waals surface area contributed by atoms with Crippen LogP contribution in [0, 0.1) is 0 Å². The number of hydrogen-bond donors (Lipinski definition) is 1. The van der Waals surface area contributed by atoms with Gasteiger partial charge in [-0.1, -0.05) is 34.8 Å². The van der Waals surface area contributed by atoms with Crippen molar-refractivity contribution in [3.05, 3.63) is 51.0 Å². The van der Waals surface area contributed by atoms with Crippen LogP contribution in [0.1, 0.15) is 5.56 Å². The van der Waals surface area contributed by atoms with Crippen molar-refractivity contribution >= 4 is 56.4 Å². The summed E-state index contributed by atoms with van der Waals surface area (Å²) in [5, 5.41) is 5.93. The lowest BCUT2D eigenvalue weighted by atomic mass is 10.2. The molecule has 26 heavy (non-hydrogen) atoms. The number of sulfonamides is 1. The maximum absolute atomic E-state index is 12.5. The number of ether oxygens (including phenoxy) is 1. The fourth-order valence-electron chi connectivity index (χ4n) is 2.65. The van der Waals surface area contributed by atoms with E-state index in [1.165, 1.54) is 29.2 Å². The zero-order valence-corrected chi connectivity index (χ0v) is 16.3. The average molecular weight is 436 g/mol. The lowest BCUT2D eigenvalue weighted by Gasteiger charge is -2.18. The Labute approximate surface area is 165 Å². The van der Waals surface area contributed by atoms with E-state index >= 15 is 0 Å². The van der Waals surface area contributed by atoms with E-state index in [2.05, 4.69) is 0 Å². The van der Waals surface area contributed by atoms with Crippen LogP contribution in [0.3, 0.4) is 0 Å². The highest BCUT2D eigenvalue weighted by Crippen LogP contribution is 2.34. The molecule has 1 aliphatic heterocycles. The number of nitrogens with zero attached hydrogens (tertiary/aromatic N) is 1. The van der Waals surface area contributed by atoms with E-state index in [0.717, 1.165) is 5.56 Å². The first-order chi connectivity index (χ1) is 12.2. The summed E-state index contributed by atoms with van der Waals surface area (Å²) in [4.78, 5) is 14.0. The lowest BCUT2D eigenvalue weighted by Crippen LogP contribution is -2.33. The van der Waals surface area contributed by atoms with Gasteiger partial charge >= 0.3 is 0 Å². The van der Waals surface area contributed by atoms with Crippen molar-refractivity contribution in [2.45, 2.75) is 11.3 Å². The molecule has 0 saturated heterocycles. The molecule has 1 heterocycles. The van der Waals surface area contributed by atoms with Gasteiger partial charge in [0.15, 0.2) is 6.61 Å². The van der Waals surface area contributed by atoms with Gasteiger partial charge in [0, 0.05) is 18.3 Å². The fourth-order valence-corrected chi connectivity index (χ4v) is 3.80. The molecule has 6 nitrogen and oxygen atoms in total. The molecule has 0 radical (unpaired) electrons. The van der Waals surface area contributed by atoms with Crippen molar-refractivity contribution in [3.63, 3.8) is 0 Å². The molecule has 0 spiro atoms. The summed E-state index contributed by atoms with van der Waals surface area (Å²) >= 11 is 17.8. The number of amides is 1. The van der Waals surface area contributed by atoms with Crippen LogP contribution >= 0.6 is 34.8 Å². The Balaban J connectivity index is 1.74. The van der Waals surface area contributed by atoms with Gasteiger partial charge in [0.1, 0.15) is 5.75 Å². The van der Waals surface area contributed by atoms with Gasteiger partial charge in [-0.05, 0) is 36.2 Å². The summed E-state index contributed by atoms with van der Waals surface area (Å²) in [7, 11) is -3.79. The third kappa shape index (κ3) is 3.92. The Morgan fingerprint density at radius 2 is 1.81 bits per heavy atom. The molecule has 138 valence electrons. The van der Waals surface area contributed by atoms with Crippen molar-refractivity contribution in [2.75, 3.05) is 18.1 Å². The molecule has 0 aliphatic carbocycles. The first-order valence-electron chi connectivity index (χ1n) is 7.40. The number of carbonyl (C=O) groups is 1. The molecule has 0 unspecified atom stereocenters. The van der Waals surface area contributed by atoms with Crippen LogP contribution in [0.5, 0.6) is 5.75 Å². The summed E-state index contributed by atoms with van der Waals surface area (Å²) < 4.78 is 28.3. The highest BCUT2D eigenvalue weighted by Gasteiger charge is 2.26. The predicted molar refractivity (Wildman–Crippen MR) is 101 cm³/mol. The Bertz CT molecular complexity index is 995. The lowest BCUT2D eigenvalue weighted by molar-refractivity contribution is -0.120. The topological polar surface area (TPSA) is 89.7 Å². The van der Waals surface area contributed by atoms with Crippen LogP contribution in [-0.4, -0.2) is 27.5 Å². The Morgan fingerprint density at radius 1 is 1.12 bits per heavy atom. The van der Waals surface area contributed by atoms with Crippen LogP contribution in [-0.2, 0) is 21.2 Å². The van der Waals surface area contributed by atoms with E-state index in [0.29, 0.717) is 18.7 Å². The highest BCUT2D eigenvalue weighted by molar-refractivity contribution is 7.89. The number of halogens is 3. The third-order valence-corrected chi connectivity index (χ3v) is 5.83. The maximum atomic E-state index is 12.5. The zero-order valence-electron chi connectivity index (χ0n) is 13.2. The minimum atomic E-state index is -3.79. The molecule has 0 atom stereocenters. The van der Waals surface area contributed by atoms with E-state index in [4.69, 9.17) is 44.7 Å². The van der Waals surface area contributed by atoms with Crippen molar-refractivity contribution in [3.8, 4) is 5.75 Å². The van der Waals surface area contributed by atoms with Crippen molar-refractivity contribution in [2.24, 2.45) is 5.14 Å². The first-order valence-corrected chi connectivity index (χ1v) is 10.1. The number of hydrogen-bond acceptors (Lipinski definition) is 4. The molecule has 0 fully saturated rings. The van der Waals surface area contributed by atoms with E-state index in [1.807, 2.05) is 0 Å². The molecule has 2 aromatic carbocycles. The smallest absolute Gasteiger partial charge is 0.264 e. The van der Waals surface area contributed by atoms with Gasteiger partial charge < -0.3 is 9.64 Å². The van der Waals surface area contributed by atoms with Crippen molar-refractivity contribution < 1.29 is 17.9 Å². The molecule has 1 amide bonds. The second-order valence-electron chi connectivity index (χ2n) is 5.62. The maximum Gasteiger partial charge on any atom is 0.264 e. The Kier molecular flexibility index (Phi) is 5.37. The number of primary sulfonamides is 1. The standard InChI is InChI=1S/C16H13Cl3N2O4S/c17-11-6-13(19)15(7-12(11)18)25-8-16(22)21-4-3-9-5-10(26(20,23)24)1-2-14(9)21/h1-2,5-7H,3-4,8H2,(H2,20,23,24). The molecule has 2 aromatic rings. The van der Waals surface area contributed by atoms with Crippen LogP contribution in [0.4, 0.5) is 5.69 Å². The zero-order chi connectivity index (χ0) is 19.1. The molecule has 0 saturated carbocycles. The Morgan fingerprint density at radius 3 is 2.50 bits per heavy atom. The molecule has 3 rings (SSSR count). The summed E-state index contributed by atoms with van der Waals surface area (Å²) in [6, 6.07) is 7.29. The summed E-state index contributed by atoms with van der Waals surface area (Å²) in [5.41, 5.74) is 1.36. The quantitative estimate of drug-likeness (QED) is 0.746. The third-order valence-electron chi connectivity index (χ3n) is 3.90. The minimum absolute atomic E-state index is 0.0180. The van der Waals surface area contributed by atoms with Gasteiger partial charge in [0.25, 0.3) is 5.91 Å². The normalized spacial score (nSPS) is 13.6. The van der Waals surface area contributed by atoms with Crippen LogP contribution in [0.2, 0.25) is 15.1 Å². The van der Waals surface area contributed by atoms with Gasteiger partial charge in [-0.2, -0.15) is 0 Å². The monoisotopic (exact) mass is 434 g/mol. The minimum Gasteiger partial charge on any atom is -0.482 e. The summed E-state index contributed by atoms with van der Waals surface area (Å²) in [6.45, 7) is 0.161. The molecule has 0 bridgehead atoms. The number of anilines is 1. The molecule has 1 aliphatic rings. The summed E-state index contributed by atoms with van der Waals surface area (Å²) in [6.07, 6.45) is 0.526. The van der Waals surface area contributed by atoms with E-state index in [1.54, 1.807) is 6.07 Å². The van der Waals surface area contributed by atoms with Crippen molar-refractivity contribution in [1.29, 1.82) is 0 Å². The first kappa shape index (κ1) is 19.3. The molecular formula is C16H13Cl3N2O4S. The number of fused-ring (bicyclic) bond motifs is 1. The van der Waals surface area contributed by atoms with Gasteiger partial charge in [0.05, 0.1) is 20.0 Å². The van der Waals surface area contributed by atoms with Crippen LogP contribution in [0.15, 0.2) is 35.2 Å². The fraction of sp³-hybridized carbons (Fsp3) is 0.188. The largest absolute Gasteiger partial charge is 0.482 e. The Hall–Kier alpha value is -1.51. The van der Waals surface area contributed by atoms with Crippen LogP contribution in [0.25, 0.3) is 0 Å². The van der Waals surface area contributed by atoms with E-state index < -0.39 is 10.0 Å². The SMILES string of the molecule is NS(=O)(=O)c1ccc2c(c1)CCN2C(=O)COc1cc(Cl)c(Cl)cc1Cl. The molecule has 0 aromatic heterocycles. The average Bonchev–Trinajstić information content (AvgIpc) is 2.99. The van der Waals surface area contributed by atoms with Gasteiger partial charge in [-0.15, -0.1) is 0 Å². The number of rotatable bonds is 4. The molecule has 10 heteroatoms. The van der Waals surface area contributed by atoms with E-state index in [9.17, 15) is 13.2 Å².